The molecule has 0 heterocycles. The van der Waals surface area contributed by atoms with Crippen molar-refractivity contribution >= 4 is 31.0 Å². The minimum atomic E-state index is -4.89. The first-order valence-electron chi connectivity index (χ1n) is 7.13. The van der Waals surface area contributed by atoms with Crippen molar-refractivity contribution in [1.29, 1.82) is 0 Å². The van der Waals surface area contributed by atoms with Gasteiger partial charge in [0.05, 0.1) is 0 Å². The Bertz CT molecular complexity index is 837. The summed E-state index contributed by atoms with van der Waals surface area (Å²) in [5.74, 6) is 0.0424. The molecule has 26 heavy (non-hydrogen) atoms. The van der Waals surface area contributed by atoms with E-state index in [0.717, 1.165) is 11.1 Å². The maximum Gasteiger partial charge on any atom is 1.00 e. The van der Waals surface area contributed by atoms with E-state index >= 15 is 0 Å². The van der Waals surface area contributed by atoms with Gasteiger partial charge in [-0.1, -0.05) is 77.8 Å². The minimum Gasteiger partial charge on any atom is -0.780 e. The van der Waals surface area contributed by atoms with E-state index in [2.05, 4.69) is 4.52 Å². The van der Waals surface area contributed by atoms with Crippen LogP contribution in [0.15, 0.2) is 78.9 Å². The van der Waals surface area contributed by atoms with Gasteiger partial charge in [0.2, 0.25) is 0 Å². The molecule has 0 saturated heterocycles. The Kier molecular flexibility index (Phi) is 9.94. The quantitative estimate of drug-likeness (QED) is 0.478. The number of benzene rings is 3. The van der Waals surface area contributed by atoms with Gasteiger partial charge in [-0.25, -0.2) is 0 Å². The predicted octanol–water partition coefficient (Wildman–Crippen LogP) is 1.56. The minimum absolute atomic E-state index is 0. The first kappa shape index (κ1) is 23.2. The fourth-order valence-corrected chi connectivity index (χ4v) is 2.98. The Morgan fingerprint density at radius 3 is 1.65 bits per heavy atom. The van der Waals surface area contributed by atoms with Crippen molar-refractivity contribution in [3.8, 4) is 16.9 Å². The third-order valence-electron chi connectivity index (χ3n) is 2.99. The molecule has 3 rings (SSSR count). The van der Waals surface area contributed by atoms with Crippen molar-refractivity contribution < 1.29 is 48.4 Å². The van der Waals surface area contributed by atoms with Crippen molar-refractivity contribution in [3.05, 3.63) is 88.9 Å². The number of rotatable bonds is 3. The predicted molar refractivity (Wildman–Crippen MR) is 96.6 cm³/mol. The van der Waals surface area contributed by atoms with Gasteiger partial charge < -0.3 is 18.9 Å². The summed E-state index contributed by atoms with van der Waals surface area (Å²) in [6.45, 7) is 0. The smallest absolute Gasteiger partial charge is 0.780 e. The Labute approximate surface area is 184 Å². The largest absolute Gasteiger partial charge is 1.00 e. The molecule has 0 aliphatic heterocycles. The van der Waals surface area contributed by atoms with Gasteiger partial charge in [-0.3, -0.25) is 0 Å². The normalized spacial score (nSPS) is 10.2. The second kappa shape index (κ2) is 11.1. The second-order valence-corrected chi connectivity index (χ2v) is 6.71. The van der Waals surface area contributed by atoms with Crippen LogP contribution in [0.25, 0.3) is 11.1 Å². The van der Waals surface area contributed by atoms with Crippen LogP contribution in [0.5, 0.6) is 5.75 Å². The molecule has 0 aromatic heterocycles. The Morgan fingerprint density at radius 2 is 1.19 bits per heavy atom. The number of para-hydroxylation sites is 1. The summed E-state index contributed by atoms with van der Waals surface area (Å²) < 4.78 is 14.1. The average Bonchev–Trinajstić information content (AvgIpc) is 2.56. The van der Waals surface area contributed by atoms with E-state index in [1.807, 2.05) is 48.5 Å². The number of phosphoric acid groups is 1. The van der Waals surface area contributed by atoms with Crippen LogP contribution < -0.4 is 43.9 Å². The second-order valence-electron chi connectivity index (χ2n) is 4.81. The summed E-state index contributed by atoms with van der Waals surface area (Å²) in [4.78, 5) is 20.1. The van der Waals surface area contributed by atoms with Crippen molar-refractivity contribution in [2.75, 3.05) is 0 Å². The Balaban J connectivity index is 0.000000258. The number of phosphoric ester groups is 1. The topological polar surface area (TPSA) is 72.4 Å². The fraction of sp³-hybridized carbons (Fsp3) is 0. The number of hydrogen-bond donors (Lipinski definition) is 0. The molecule has 0 atom stereocenters. The van der Waals surface area contributed by atoms with Crippen LogP contribution in [0.1, 0.15) is 0 Å². The molecule has 130 valence electrons. The summed E-state index contributed by atoms with van der Waals surface area (Å²) in [7, 11) is -4.89. The van der Waals surface area contributed by atoms with Gasteiger partial charge in [-0.15, -0.1) is 0 Å². The molecule has 8 heteroatoms. The van der Waals surface area contributed by atoms with Gasteiger partial charge in [0.25, 0.3) is 0 Å². The van der Waals surface area contributed by atoms with E-state index < -0.39 is 7.82 Å². The molecule has 0 aliphatic carbocycles. The van der Waals surface area contributed by atoms with Crippen molar-refractivity contribution in [2.24, 2.45) is 0 Å². The molecule has 0 N–H and O–H groups in total. The van der Waals surface area contributed by atoms with Crippen LogP contribution >= 0.6 is 31.0 Å². The van der Waals surface area contributed by atoms with Gasteiger partial charge in [0.15, 0.2) is 0 Å². The summed E-state index contributed by atoms with van der Waals surface area (Å²) in [6, 6.07) is 23.0. The average molecular weight is 418 g/mol. The summed E-state index contributed by atoms with van der Waals surface area (Å²) >= 11 is 12.2. The van der Waals surface area contributed by atoms with Crippen LogP contribution in [0.3, 0.4) is 0 Å². The van der Waals surface area contributed by atoms with E-state index in [9.17, 15) is 14.4 Å². The molecule has 0 aliphatic rings. The van der Waals surface area contributed by atoms with Crippen molar-refractivity contribution in [3.63, 3.8) is 0 Å². The zero-order valence-electron chi connectivity index (χ0n) is 13.8. The third-order valence-corrected chi connectivity index (χ3v) is 4.05. The van der Waals surface area contributed by atoms with Crippen LogP contribution in [0.4, 0.5) is 0 Å². The van der Waals surface area contributed by atoms with Crippen LogP contribution in [0, 0.1) is 0 Å². The molecular weight excluding hydrogens is 405 g/mol. The van der Waals surface area contributed by atoms with Crippen LogP contribution in [-0.2, 0) is 4.57 Å². The number of halogens is 2. The summed E-state index contributed by atoms with van der Waals surface area (Å²) in [5, 5.41) is 1.37. The molecular formula is C18H13Cl2NaO4P-. The molecule has 0 fully saturated rings. The number of hydrogen-bond acceptors (Lipinski definition) is 4. The van der Waals surface area contributed by atoms with Gasteiger partial charge in [0, 0.05) is 15.6 Å². The third kappa shape index (κ3) is 7.83. The zero-order valence-corrected chi connectivity index (χ0v) is 18.2. The SMILES string of the molecule is Clc1cccc(Cl)c1-c1ccccc1.O=P([O-])([O-])Oc1ccccc1.[Na+]. The molecule has 4 nitrogen and oxygen atoms in total. The molecule has 3 aromatic rings. The van der Waals surface area contributed by atoms with Crippen LogP contribution in [-0.4, -0.2) is 0 Å². The molecule has 0 spiro atoms. The molecule has 0 bridgehead atoms. The first-order chi connectivity index (χ1) is 11.9. The van der Waals surface area contributed by atoms with Gasteiger partial charge in [-0.05, 0) is 29.8 Å². The zero-order chi connectivity index (χ0) is 18.3. The molecule has 0 unspecified atom stereocenters. The summed E-state index contributed by atoms with van der Waals surface area (Å²) in [6.07, 6.45) is 0. The Hall–Kier alpha value is -0.810. The van der Waals surface area contributed by atoms with E-state index in [1.165, 1.54) is 12.1 Å². The Morgan fingerprint density at radius 1 is 0.731 bits per heavy atom. The van der Waals surface area contributed by atoms with Gasteiger partial charge in [0.1, 0.15) is 13.6 Å². The first-order valence-corrected chi connectivity index (χ1v) is 9.34. The standard InChI is InChI=1S/C12H8Cl2.C6H7O4P.Na/c13-10-7-4-8-11(14)12(10)9-5-2-1-3-6-9;7-11(8,9)10-6-4-2-1-3-5-6;/h1-8H;1-5H,(H2,7,8,9);/q;;+1/p-2. The molecule has 0 saturated carbocycles. The van der Waals surface area contributed by atoms with Gasteiger partial charge in [-0.2, -0.15) is 0 Å². The van der Waals surface area contributed by atoms with E-state index in [-0.39, 0.29) is 35.3 Å². The fourth-order valence-electron chi connectivity index (χ4n) is 1.99. The molecule has 3 aromatic carbocycles. The van der Waals surface area contributed by atoms with Crippen LogP contribution in [0.2, 0.25) is 10.0 Å². The maximum atomic E-state index is 10.1. The molecule has 0 radical (unpaired) electrons. The van der Waals surface area contributed by atoms with E-state index in [0.29, 0.717) is 10.0 Å². The monoisotopic (exact) mass is 417 g/mol. The van der Waals surface area contributed by atoms with E-state index in [4.69, 9.17) is 23.2 Å². The van der Waals surface area contributed by atoms with Crippen molar-refractivity contribution in [2.45, 2.75) is 0 Å². The van der Waals surface area contributed by atoms with Gasteiger partial charge >= 0.3 is 29.6 Å². The van der Waals surface area contributed by atoms with Crippen molar-refractivity contribution in [1.82, 2.24) is 0 Å². The molecule has 0 amide bonds. The maximum absolute atomic E-state index is 10.1. The van der Waals surface area contributed by atoms with E-state index in [1.54, 1.807) is 18.2 Å². The summed E-state index contributed by atoms with van der Waals surface area (Å²) in [5.41, 5.74) is 1.94.